The number of aromatic nitrogens is 3. The van der Waals surface area contributed by atoms with E-state index in [4.69, 9.17) is 14.2 Å². The van der Waals surface area contributed by atoms with Crippen LogP contribution < -0.4 is 4.74 Å². The molecule has 0 spiro atoms. The van der Waals surface area contributed by atoms with Crippen LogP contribution >= 0.6 is 0 Å². The van der Waals surface area contributed by atoms with Gasteiger partial charge < -0.3 is 14.2 Å². The Morgan fingerprint density at radius 1 is 1.23 bits per heavy atom. The Kier molecular flexibility index (Phi) is 8.46. The Balaban J connectivity index is 1.42. The van der Waals surface area contributed by atoms with Crippen LogP contribution in [0.5, 0.6) is 5.75 Å². The van der Waals surface area contributed by atoms with Crippen LogP contribution in [0.2, 0.25) is 0 Å². The van der Waals surface area contributed by atoms with E-state index in [1.165, 1.54) is 0 Å². The molecule has 0 aliphatic carbocycles. The fraction of sp³-hybridized carbons (Fsp3) is 0.625. The van der Waals surface area contributed by atoms with Crippen molar-refractivity contribution in [2.75, 3.05) is 19.8 Å². The zero-order valence-electron chi connectivity index (χ0n) is 19.0. The molecule has 1 aliphatic rings. The highest BCUT2D eigenvalue weighted by Gasteiger charge is 2.28. The lowest BCUT2D eigenvalue weighted by Gasteiger charge is -2.24. The molecule has 0 saturated carbocycles. The number of hydrogen-bond acceptors (Lipinski definition) is 6. The van der Waals surface area contributed by atoms with Crippen LogP contribution in [0.3, 0.4) is 0 Å². The molecule has 3 heterocycles. The Morgan fingerprint density at radius 2 is 2.10 bits per heavy atom. The molecule has 0 amide bonds. The van der Waals surface area contributed by atoms with E-state index >= 15 is 0 Å². The third kappa shape index (κ3) is 6.53. The van der Waals surface area contributed by atoms with E-state index in [0.29, 0.717) is 13.2 Å². The molecule has 0 aromatic carbocycles. The standard InChI is InChI=1S/C24H35N3O4/c1-4-29-23(28)24(2,3)14-7-5-8-16-30-19-11-12-20(25-18-19)21-13-15-26-27(21)22-10-6-9-17-31-22/h11-13,15,18,22H,4-10,14,16-17H2,1-3H3. The van der Waals surface area contributed by atoms with Crippen molar-refractivity contribution in [3.8, 4) is 17.1 Å². The Morgan fingerprint density at radius 3 is 2.81 bits per heavy atom. The van der Waals surface area contributed by atoms with E-state index in [-0.39, 0.29) is 12.2 Å². The predicted molar refractivity (Wildman–Crippen MR) is 119 cm³/mol. The highest BCUT2D eigenvalue weighted by molar-refractivity contribution is 5.75. The molecular weight excluding hydrogens is 394 g/mol. The van der Waals surface area contributed by atoms with Crippen LogP contribution in [0, 0.1) is 5.41 Å². The number of carbonyl (C=O) groups is 1. The molecule has 170 valence electrons. The average molecular weight is 430 g/mol. The number of hydrogen-bond donors (Lipinski definition) is 0. The van der Waals surface area contributed by atoms with Crippen LogP contribution in [0.15, 0.2) is 30.6 Å². The third-order valence-electron chi connectivity index (χ3n) is 5.64. The van der Waals surface area contributed by atoms with Gasteiger partial charge in [-0.05, 0) is 71.1 Å². The summed E-state index contributed by atoms with van der Waals surface area (Å²) in [5.41, 5.74) is 1.40. The first kappa shape index (κ1) is 23.3. The number of carbonyl (C=O) groups excluding carboxylic acids is 1. The van der Waals surface area contributed by atoms with Crippen molar-refractivity contribution >= 4 is 5.97 Å². The van der Waals surface area contributed by atoms with Gasteiger partial charge >= 0.3 is 5.97 Å². The number of ether oxygens (including phenoxy) is 3. The van der Waals surface area contributed by atoms with Gasteiger partial charge in [0.15, 0.2) is 6.23 Å². The molecule has 0 bridgehead atoms. The fourth-order valence-electron chi connectivity index (χ4n) is 3.74. The molecule has 1 atom stereocenters. The molecule has 2 aromatic heterocycles. The molecule has 2 aromatic rings. The van der Waals surface area contributed by atoms with Crippen molar-refractivity contribution in [2.45, 2.75) is 71.9 Å². The van der Waals surface area contributed by atoms with E-state index in [1.807, 2.05) is 43.7 Å². The normalized spacial score (nSPS) is 16.8. The minimum absolute atomic E-state index is 0.00900. The van der Waals surface area contributed by atoms with E-state index in [1.54, 1.807) is 12.4 Å². The minimum atomic E-state index is -0.425. The van der Waals surface area contributed by atoms with Gasteiger partial charge in [0.2, 0.25) is 0 Å². The van der Waals surface area contributed by atoms with E-state index < -0.39 is 5.41 Å². The number of esters is 1. The van der Waals surface area contributed by atoms with E-state index in [0.717, 1.165) is 68.7 Å². The van der Waals surface area contributed by atoms with Crippen LogP contribution in [-0.4, -0.2) is 40.6 Å². The van der Waals surface area contributed by atoms with E-state index in [9.17, 15) is 4.79 Å². The summed E-state index contributed by atoms with van der Waals surface area (Å²) in [7, 11) is 0. The van der Waals surface area contributed by atoms with Crippen LogP contribution in [-0.2, 0) is 14.3 Å². The summed E-state index contributed by atoms with van der Waals surface area (Å²) in [5.74, 6) is 0.643. The Bertz CT molecular complexity index is 810. The van der Waals surface area contributed by atoms with E-state index in [2.05, 4.69) is 10.1 Å². The molecule has 1 fully saturated rings. The van der Waals surface area contributed by atoms with Crippen molar-refractivity contribution in [1.82, 2.24) is 14.8 Å². The molecule has 7 heteroatoms. The second-order valence-corrected chi connectivity index (χ2v) is 8.62. The number of unbranched alkanes of at least 4 members (excludes halogenated alkanes) is 2. The maximum Gasteiger partial charge on any atom is 0.311 e. The van der Waals surface area contributed by atoms with Crippen LogP contribution in [0.4, 0.5) is 0 Å². The topological polar surface area (TPSA) is 75.5 Å². The maximum absolute atomic E-state index is 11.9. The zero-order chi connectivity index (χ0) is 22.1. The molecule has 1 aliphatic heterocycles. The fourth-order valence-corrected chi connectivity index (χ4v) is 3.74. The molecular formula is C24H35N3O4. The summed E-state index contributed by atoms with van der Waals surface area (Å²) in [6, 6.07) is 5.89. The zero-order valence-corrected chi connectivity index (χ0v) is 19.0. The van der Waals surface area contributed by atoms with Crippen molar-refractivity contribution in [3.63, 3.8) is 0 Å². The second kappa shape index (κ2) is 11.3. The molecule has 0 N–H and O–H groups in total. The lowest BCUT2D eigenvalue weighted by molar-refractivity contribution is -0.153. The van der Waals surface area contributed by atoms with Crippen LogP contribution in [0.25, 0.3) is 11.4 Å². The first-order chi connectivity index (χ1) is 15.0. The van der Waals surface area contributed by atoms with Gasteiger partial charge in [-0.1, -0.05) is 12.8 Å². The SMILES string of the molecule is CCOC(=O)C(C)(C)CCCCCOc1ccc(-c2ccnn2C2CCCCO2)nc1. The molecule has 3 rings (SSSR count). The van der Waals surface area contributed by atoms with Gasteiger partial charge in [0, 0.05) is 12.8 Å². The van der Waals surface area contributed by atoms with Gasteiger partial charge in [-0.2, -0.15) is 5.10 Å². The highest BCUT2D eigenvalue weighted by atomic mass is 16.5. The van der Waals surface area contributed by atoms with Crippen molar-refractivity contribution in [3.05, 3.63) is 30.6 Å². The lowest BCUT2D eigenvalue weighted by atomic mass is 9.87. The molecule has 31 heavy (non-hydrogen) atoms. The summed E-state index contributed by atoms with van der Waals surface area (Å²) < 4.78 is 18.8. The monoisotopic (exact) mass is 429 g/mol. The highest BCUT2D eigenvalue weighted by Crippen LogP contribution is 2.28. The maximum atomic E-state index is 11.9. The first-order valence-corrected chi connectivity index (χ1v) is 11.4. The first-order valence-electron chi connectivity index (χ1n) is 11.4. The summed E-state index contributed by atoms with van der Waals surface area (Å²) in [4.78, 5) is 16.5. The van der Waals surface area contributed by atoms with Gasteiger partial charge in [0.25, 0.3) is 0 Å². The molecule has 7 nitrogen and oxygen atoms in total. The quantitative estimate of drug-likeness (QED) is 0.362. The predicted octanol–water partition coefficient (Wildman–Crippen LogP) is 5.17. The van der Waals surface area contributed by atoms with Crippen molar-refractivity contribution < 1.29 is 19.0 Å². The molecule has 0 radical (unpaired) electrons. The van der Waals surface area contributed by atoms with Crippen LogP contribution in [0.1, 0.15) is 71.9 Å². The summed E-state index contributed by atoms with van der Waals surface area (Å²) in [6.45, 7) is 7.58. The van der Waals surface area contributed by atoms with Gasteiger partial charge in [0.05, 0.1) is 36.2 Å². The van der Waals surface area contributed by atoms with Gasteiger partial charge in [-0.3, -0.25) is 9.78 Å². The Hall–Kier alpha value is -2.41. The largest absolute Gasteiger partial charge is 0.492 e. The third-order valence-corrected chi connectivity index (χ3v) is 5.64. The number of pyridine rings is 1. The van der Waals surface area contributed by atoms with Gasteiger partial charge in [-0.25, -0.2) is 4.68 Å². The van der Waals surface area contributed by atoms with Crippen molar-refractivity contribution in [1.29, 1.82) is 0 Å². The second-order valence-electron chi connectivity index (χ2n) is 8.62. The molecule has 1 unspecified atom stereocenters. The summed E-state index contributed by atoms with van der Waals surface area (Å²) >= 11 is 0. The van der Waals surface area contributed by atoms with Gasteiger partial charge in [-0.15, -0.1) is 0 Å². The minimum Gasteiger partial charge on any atom is -0.492 e. The number of nitrogens with zero attached hydrogens (tertiary/aromatic N) is 3. The smallest absolute Gasteiger partial charge is 0.311 e. The summed E-state index contributed by atoms with van der Waals surface area (Å²) in [6.07, 6.45) is 10.5. The Labute approximate surface area is 185 Å². The summed E-state index contributed by atoms with van der Waals surface area (Å²) in [5, 5.41) is 4.45. The number of rotatable bonds is 11. The lowest BCUT2D eigenvalue weighted by Crippen LogP contribution is -2.26. The van der Waals surface area contributed by atoms with Crippen molar-refractivity contribution in [2.24, 2.45) is 5.41 Å². The van der Waals surface area contributed by atoms with Gasteiger partial charge in [0.1, 0.15) is 5.75 Å². The molecule has 1 saturated heterocycles. The average Bonchev–Trinajstić information content (AvgIpc) is 3.27.